The Labute approximate surface area is 187 Å². The van der Waals surface area contributed by atoms with Crippen LogP contribution in [-0.4, -0.2) is 23.0 Å². The molecule has 0 amide bonds. The Balaban J connectivity index is 1.40. The molecule has 0 saturated heterocycles. The van der Waals surface area contributed by atoms with Crippen molar-refractivity contribution in [2.45, 2.75) is 19.5 Å². The van der Waals surface area contributed by atoms with Crippen molar-refractivity contribution >= 4 is 28.2 Å². The fourth-order valence-corrected chi connectivity index (χ4v) is 3.89. The van der Waals surface area contributed by atoms with Gasteiger partial charge in [0.05, 0.1) is 5.52 Å². The standard InChI is InChI=1S/C26H25ClFN3/c27-22-11-12-23-25(13-15-30-26(23)17-22)29-14-6-16-31(18-20-7-2-1-3-8-20)19-21-9-4-5-10-24(21)28/h1-5,7-13,15,17H,6,14,16,18-19H2,(H,29,30). The molecule has 0 bridgehead atoms. The lowest BCUT2D eigenvalue weighted by molar-refractivity contribution is 0.252. The van der Waals surface area contributed by atoms with Gasteiger partial charge in [0.2, 0.25) is 0 Å². The van der Waals surface area contributed by atoms with Crippen LogP contribution in [0.3, 0.4) is 0 Å². The first-order valence-electron chi connectivity index (χ1n) is 10.5. The second-order valence-electron chi connectivity index (χ2n) is 7.59. The van der Waals surface area contributed by atoms with Gasteiger partial charge in [0, 0.05) is 54.0 Å². The Bertz CT molecular complexity index is 1130. The van der Waals surface area contributed by atoms with Gasteiger partial charge in [0.25, 0.3) is 0 Å². The Kier molecular flexibility index (Phi) is 7.13. The second kappa shape index (κ2) is 10.4. The van der Waals surface area contributed by atoms with E-state index in [-0.39, 0.29) is 5.82 Å². The van der Waals surface area contributed by atoms with Gasteiger partial charge in [-0.05, 0) is 42.3 Å². The molecular formula is C26H25ClFN3. The summed E-state index contributed by atoms with van der Waals surface area (Å²) in [6, 6.07) is 25.1. The molecule has 0 spiro atoms. The van der Waals surface area contributed by atoms with Gasteiger partial charge >= 0.3 is 0 Å². The third-order valence-electron chi connectivity index (χ3n) is 5.27. The molecule has 0 aliphatic heterocycles. The molecule has 0 aliphatic rings. The predicted molar refractivity (Wildman–Crippen MR) is 127 cm³/mol. The Morgan fingerprint density at radius 1 is 0.903 bits per heavy atom. The monoisotopic (exact) mass is 433 g/mol. The molecular weight excluding hydrogens is 409 g/mol. The highest BCUT2D eigenvalue weighted by atomic mass is 35.5. The van der Waals surface area contributed by atoms with E-state index in [4.69, 9.17) is 11.6 Å². The molecule has 4 aromatic rings. The van der Waals surface area contributed by atoms with E-state index < -0.39 is 0 Å². The quantitative estimate of drug-likeness (QED) is 0.304. The summed E-state index contributed by atoms with van der Waals surface area (Å²) in [5.41, 5.74) is 3.88. The topological polar surface area (TPSA) is 28.2 Å². The fourth-order valence-electron chi connectivity index (χ4n) is 3.72. The van der Waals surface area contributed by atoms with E-state index >= 15 is 0 Å². The van der Waals surface area contributed by atoms with Crippen LogP contribution < -0.4 is 5.32 Å². The SMILES string of the molecule is Fc1ccccc1CN(CCCNc1ccnc2cc(Cl)ccc12)Cc1ccccc1. The summed E-state index contributed by atoms with van der Waals surface area (Å²) in [5.74, 6) is -0.152. The lowest BCUT2D eigenvalue weighted by Gasteiger charge is -2.23. The highest BCUT2D eigenvalue weighted by molar-refractivity contribution is 6.31. The molecule has 31 heavy (non-hydrogen) atoms. The Hall–Kier alpha value is -2.95. The minimum absolute atomic E-state index is 0.152. The van der Waals surface area contributed by atoms with Gasteiger partial charge in [-0.1, -0.05) is 60.1 Å². The molecule has 5 heteroatoms. The van der Waals surface area contributed by atoms with Gasteiger partial charge in [-0.2, -0.15) is 0 Å². The number of hydrogen-bond donors (Lipinski definition) is 1. The van der Waals surface area contributed by atoms with Gasteiger partial charge in [-0.3, -0.25) is 9.88 Å². The summed E-state index contributed by atoms with van der Waals surface area (Å²) in [4.78, 5) is 6.68. The van der Waals surface area contributed by atoms with Crippen molar-refractivity contribution in [1.82, 2.24) is 9.88 Å². The van der Waals surface area contributed by atoms with E-state index in [1.165, 1.54) is 11.6 Å². The van der Waals surface area contributed by atoms with Crippen LogP contribution in [0.15, 0.2) is 85.1 Å². The van der Waals surface area contributed by atoms with Crippen LogP contribution in [-0.2, 0) is 13.1 Å². The maximum atomic E-state index is 14.2. The van der Waals surface area contributed by atoms with Crippen molar-refractivity contribution in [1.29, 1.82) is 0 Å². The number of nitrogens with one attached hydrogen (secondary N) is 1. The zero-order chi connectivity index (χ0) is 21.5. The van der Waals surface area contributed by atoms with Gasteiger partial charge in [-0.25, -0.2) is 4.39 Å². The van der Waals surface area contributed by atoms with E-state index in [9.17, 15) is 4.39 Å². The second-order valence-corrected chi connectivity index (χ2v) is 8.02. The molecule has 3 aromatic carbocycles. The Morgan fingerprint density at radius 3 is 2.55 bits per heavy atom. The van der Waals surface area contributed by atoms with E-state index in [0.29, 0.717) is 11.6 Å². The van der Waals surface area contributed by atoms with Gasteiger partial charge in [0.1, 0.15) is 5.82 Å². The van der Waals surface area contributed by atoms with Crippen molar-refractivity contribution in [3.8, 4) is 0 Å². The smallest absolute Gasteiger partial charge is 0.127 e. The number of aromatic nitrogens is 1. The summed E-state index contributed by atoms with van der Waals surface area (Å²) in [7, 11) is 0. The highest BCUT2D eigenvalue weighted by Crippen LogP contribution is 2.24. The van der Waals surface area contributed by atoms with E-state index in [0.717, 1.165) is 48.2 Å². The largest absolute Gasteiger partial charge is 0.384 e. The summed E-state index contributed by atoms with van der Waals surface area (Å²) in [6.45, 7) is 3.03. The molecule has 0 saturated carbocycles. The molecule has 4 rings (SSSR count). The average Bonchev–Trinajstić information content (AvgIpc) is 2.78. The first kappa shape index (κ1) is 21.3. The van der Waals surface area contributed by atoms with Gasteiger partial charge < -0.3 is 5.32 Å². The maximum absolute atomic E-state index is 14.2. The number of hydrogen-bond acceptors (Lipinski definition) is 3. The number of fused-ring (bicyclic) bond motifs is 1. The zero-order valence-electron chi connectivity index (χ0n) is 17.3. The lowest BCUT2D eigenvalue weighted by Crippen LogP contribution is -2.26. The average molecular weight is 434 g/mol. The van der Waals surface area contributed by atoms with Gasteiger partial charge in [0.15, 0.2) is 0 Å². The molecule has 1 heterocycles. The van der Waals surface area contributed by atoms with Crippen LogP contribution in [0.1, 0.15) is 17.5 Å². The molecule has 0 fully saturated rings. The molecule has 0 unspecified atom stereocenters. The number of nitrogens with zero attached hydrogens (tertiary/aromatic N) is 2. The fraction of sp³-hybridized carbons (Fsp3) is 0.192. The van der Waals surface area contributed by atoms with E-state index in [2.05, 4.69) is 27.3 Å². The highest BCUT2D eigenvalue weighted by Gasteiger charge is 2.10. The van der Waals surface area contributed by atoms with Crippen LogP contribution in [0.2, 0.25) is 5.02 Å². The molecule has 0 atom stereocenters. The first-order chi connectivity index (χ1) is 15.2. The van der Waals surface area contributed by atoms with Crippen molar-refractivity contribution < 1.29 is 4.39 Å². The van der Waals surface area contributed by atoms with Gasteiger partial charge in [-0.15, -0.1) is 0 Å². The summed E-state index contributed by atoms with van der Waals surface area (Å²) in [5, 5.41) is 5.26. The molecule has 1 N–H and O–H groups in total. The summed E-state index contributed by atoms with van der Waals surface area (Å²) < 4.78 is 14.2. The van der Waals surface area contributed by atoms with E-state index in [1.54, 1.807) is 12.3 Å². The number of halogens is 2. The minimum Gasteiger partial charge on any atom is -0.384 e. The van der Waals surface area contributed by atoms with Crippen LogP contribution in [0.25, 0.3) is 10.9 Å². The molecule has 158 valence electrons. The van der Waals surface area contributed by atoms with E-state index in [1.807, 2.05) is 54.6 Å². The zero-order valence-corrected chi connectivity index (χ0v) is 18.0. The van der Waals surface area contributed by atoms with Crippen molar-refractivity contribution in [2.24, 2.45) is 0 Å². The molecule has 3 nitrogen and oxygen atoms in total. The number of rotatable bonds is 9. The third kappa shape index (κ3) is 5.81. The van der Waals surface area contributed by atoms with Crippen molar-refractivity contribution in [3.05, 3.63) is 107 Å². The minimum atomic E-state index is -0.152. The van der Waals surface area contributed by atoms with Crippen molar-refractivity contribution in [3.63, 3.8) is 0 Å². The van der Waals surface area contributed by atoms with Crippen molar-refractivity contribution in [2.75, 3.05) is 18.4 Å². The van der Waals surface area contributed by atoms with Crippen LogP contribution in [0.4, 0.5) is 10.1 Å². The maximum Gasteiger partial charge on any atom is 0.127 e. The Morgan fingerprint density at radius 2 is 1.71 bits per heavy atom. The number of pyridine rings is 1. The van der Waals surface area contributed by atoms with Crippen LogP contribution >= 0.6 is 11.6 Å². The normalized spacial score (nSPS) is 11.2. The molecule has 0 aliphatic carbocycles. The third-order valence-corrected chi connectivity index (χ3v) is 5.51. The summed E-state index contributed by atoms with van der Waals surface area (Å²) >= 11 is 6.08. The molecule has 0 radical (unpaired) electrons. The first-order valence-corrected chi connectivity index (χ1v) is 10.8. The number of benzene rings is 3. The predicted octanol–water partition coefficient (Wildman–Crippen LogP) is 6.53. The van der Waals surface area contributed by atoms with Crippen LogP contribution in [0, 0.1) is 5.82 Å². The lowest BCUT2D eigenvalue weighted by atomic mass is 10.1. The molecule has 1 aromatic heterocycles. The van der Waals surface area contributed by atoms with Crippen LogP contribution in [0.5, 0.6) is 0 Å². The summed E-state index contributed by atoms with van der Waals surface area (Å²) in [6.07, 6.45) is 2.72. The number of anilines is 1.